The molecule has 58 heavy (non-hydrogen) atoms. The van der Waals surface area contributed by atoms with Gasteiger partial charge in [0.25, 0.3) is 23.6 Å². The molecule has 0 aliphatic carbocycles. The Morgan fingerprint density at radius 3 is 0.845 bits per heavy atom. The number of imide groups is 2. The molecule has 2 heterocycles. The van der Waals surface area contributed by atoms with Gasteiger partial charge in [0.15, 0.2) is 0 Å². The van der Waals surface area contributed by atoms with Crippen molar-refractivity contribution in [2.24, 2.45) is 0 Å². The highest BCUT2D eigenvalue weighted by atomic mass is 35.5. The summed E-state index contributed by atoms with van der Waals surface area (Å²) in [5, 5.41) is 7.12. The first kappa shape index (κ1) is 34.0. The summed E-state index contributed by atoms with van der Waals surface area (Å²) < 4.78 is 11.8. The average Bonchev–Trinajstić information content (AvgIpc) is 3.24. The Kier molecular flexibility index (Phi) is 7.41. The normalized spacial score (nSPS) is 13.8. The van der Waals surface area contributed by atoms with Crippen LogP contribution in [0.2, 0.25) is 10.0 Å². The Morgan fingerprint density at radius 2 is 0.569 bits per heavy atom. The number of carbonyl (C=O) groups is 4. The van der Waals surface area contributed by atoms with Crippen molar-refractivity contribution in [2.75, 3.05) is 9.80 Å². The van der Waals surface area contributed by atoms with E-state index in [1.807, 2.05) is 24.3 Å². The van der Waals surface area contributed by atoms with Crippen molar-refractivity contribution in [3.05, 3.63) is 178 Å². The van der Waals surface area contributed by atoms with E-state index >= 15 is 0 Å². The average molecular weight is 796 g/mol. The number of fused-ring (bicyclic) bond motifs is 2. The van der Waals surface area contributed by atoms with Crippen LogP contribution >= 0.6 is 23.2 Å². The SMILES string of the molecule is O=C1c2ccc3c4ccc5c6c(ccc(c7ccc(c2c37)C(=O)N1c1ccc(Oc2ccc(Cl)cc2)cc1)c64)C(=O)N(c1ccc(Oc2ccc(Cl)cc2)cc1)C5=O. The Morgan fingerprint density at radius 1 is 0.310 bits per heavy atom. The first-order valence-corrected chi connectivity index (χ1v) is 19.0. The van der Waals surface area contributed by atoms with Gasteiger partial charge < -0.3 is 9.47 Å². The minimum Gasteiger partial charge on any atom is -0.457 e. The molecule has 8 nitrogen and oxygen atoms in total. The van der Waals surface area contributed by atoms with Crippen LogP contribution in [0.25, 0.3) is 43.1 Å². The van der Waals surface area contributed by atoms with Crippen molar-refractivity contribution in [1.29, 1.82) is 0 Å². The van der Waals surface area contributed by atoms with Crippen LogP contribution in [0.3, 0.4) is 0 Å². The van der Waals surface area contributed by atoms with E-state index in [-0.39, 0.29) is 0 Å². The Bertz CT molecular complexity index is 2920. The van der Waals surface area contributed by atoms with Crippen LogP contribution in [0, 0.1) is 0 Å². The van der Waals surface area contributed by atoms with E-state index in [1.165, 1.54) is 9.80 Å². The second-order valence-electron chi connectivity index (χ2n) is 14.1. The topological polar surface area (TPSA) is 93.2 Å². The number of hydrogen-bond donors (Lipinski definition) is 0. The van der Waals surface area contributed by atoms with Crippen molar-refractivity contribution >= 4 is 101 Å². The van der Waals surface area contributed by atoms with Crippen LogP contribution in [0.4, 0.5) is 11.4 Å². The van der Waals surface area contributed by atoms with Crippen LogP contribution in [0.5, 0.6) is 23.0 Å². The number of hydrogen-bond acceptors (Lipinski definition) is 6. The Labute approximate surface area is 339 Å². The van der Waals surface area contributed by atoms with Gasteiger partial charge >= 0.3 is 0 Å². The summed E-state index contributed by atoms with van der Waals surface area (Å²) in [7, 11) is 0. The third kappa shape index (κ3) is 5.02. The van der Waals surface area contributed by atoms with Gasteiger partial charge in [-0.2, -0.15) is 0 Å². The fourth-order valence-electron chi connectivity index (χ4n) is 8.34. The number of halogens is 2. The standard InChI is InChI=1S/C48H24Cl2N2O6/c49-25-1-9-29(10-2-25)57-31-13-5-27(6-14-31)51-45(53)37-21-17-33-35-19-23-39-44-40(24-20-36(42(35)44)34-18-22-38(46(51)54)43(37)41(33)34)48(56)52(47(39)55)28-7-15-32(16-8-28)58-30-11-3-26(50)4-12-30/h1-24H. The van der Waals surface area contributed by atoms with E-state index in [0.717, 1.165) is 32.3 Å². The molecule has 0 atom stereocenters. The van der Waals surface area contributed by atoms with Crippen molar-refractivity contribution in [3.63, 3.8) is 0 Å². The summed E-state index contributed by atoms with van der Waals surface area (Å²) in [6.45, 7) is 0. The molecule has 0 saturated heterocycles. The number of ether oxygens (including phenoxy) is 2. The molecule has 0 unspecified atom stereocenters. The first-order chi connectivity index (χ1) is 28.2. The second kappa shape index (κ2) is 12.6. The van der Waals surface area contributed by atoms with E-state index < -0.39 is 23.6 Å². The molecule has 9 aromatic carbocycles. The van der Waals surface area contributed by atoms with E-state index in [9.17, 15) is 19.2 Å². The van der Waals surface area contributed by atoms with Crippen molar-refractivity contribution in [2.45, 2.75) is 0 Å². The van der Waals surface area contributed by atoms with Gasteiger partial charge in [0.1, 0.15) is 23.0 Å². The van der Waals surface area contributed by atoms with Gasteiger partial charge in [0, 0.05) is 43.1 Å². The maximum atomic E-state index is 14.2. The number of anilines is 2. The van der Waals surface area contributed by atoms with Crippen molar-refractivity contribution in [3.8, 4) is 23.0 Å². The smallest absolute Gasteiger partial charge is 0.265 e. The van der Waals surface area contributed by atoms with Crippen LogP contribution in [0.15, 0.2) is 146 Å². The predicted octanol–water partition coefficient (Wildman–Crippen LogP) is 12.2. The van der Waals surface area contributed by atoms with Crippen molar-refractivity contribution < 1.29 is 28.7 Å². The van der Waals surface area contributed by atoms with Gasteiger partial charge in [-0.3, -0.25) is 19.2 Å². The van der Waals surface area contributed by atoms with Gasteiger partial charge in [0.2, 0.25) is 0 Å². The minimum atomic E-state index is -0.440. The summed E-state index contributed by atoms with van der Waals surface area (Å²) >= 11 is 12.0. The predicted molar refractivity (Wildman–Crippen MR) is 226 cm³/mol. The number of benzene rings is 9. The zero-order valence-electron chi connectivity index (χ0n) is 30.0. The zero-order valence-corrected chi connectivity index (χ0v) is 31.5. The van der Waals surface area contributed by atoms with Gasteiger partial charge in [-0.25, -0.2) is 9.80 Å². The minimum absolute atomic E-state index is 0.399. The Balaban J connectivity index is 0.969. The highest BCUT2D eigenvalue weighted by molar-refractivity contribution is 6.45. The quantitative estimate of drug-likeness (QED) is 0.0945. The summed E-state index contributed by atoms with van der Waals surface area (Å²) in [5.41, 5.74) is 2.42. The molecule has 9 aromatic rings. The number of amides is 4. The number of rotatable bonds is 6. The summed E-state index contributed by atoms with van der Waals surface area (Å²) in [4.78, 5) is 59.3. The molecule has 0 bridgehead atoms. The first-order valence-electron chi connectivity index (χ1n) is 18.3. The maximum absolute atomic E-state index is 14.2. The molecule has 2 aliphatic heterocycles. The molecule has 0 fully saturated rings. The molecule has 2 aliphatic rings. The summed E-state index contributed by atoms with van der Waals surface area (Å²) in [5.74, 6) is 0.504. The lowest BCUT2D eigenvalue weighted by atomic mass is 9.82. The van der Waals surface area contributed by atoms with Gasteiger partial charge in [-0.05, 0) is 154 Å². The van der Waals surface area contributed by atoms with Gasteiger partial charge in [-0.1, -0.05) is 47.5 Å². The lowest BCUT2D eigenvalue weighted by Crippen LogP contribution is -2.40. The molecule has 4 amide bonds. The van der Waals surface area contributed by atoms with Crippen LogP contribution < -0.4 is 19.3 Å². The second-order valence-corrected chi connectivity index (χ2v) is 15.0. The fraction of sp³-hybridized carbons (Fsp3) is 0. The maximum Gasteiger partial charge on any atom is 0.265 e. The number of carbonyl (C=O) groups excluding carboxylic acids is 4. The van der Waals surface area contributed by atoms with E-state index in [1.54, 1.807) is 121 Å². The van der Waals surface area contributed by atoms with E-state index in [4.69, 9.17) is 32.7 Å². The molecule has 0 spiro atoms. The molecule has 0 aromatic heterocycles. The van der Waals surface area contributed by atoms with Gasteiger partial charge in [-0.15, -0.1) is 0 Å². The lowest BCUT2D eigenvalue weighted by molar-refractivity contribution is 0.0877. The van der Waals surface area contributed by atoms with Crippen molar-refractivity contribution in [1.82, 2.24) is 0 Å². The third-order valence-corrected chi connectivity index (χ3v) is 11.4. The highest BCUT2D eigenvalue weighted by Gasteiger charge is 2.38. The van der Waals surface area contributed by atoms with E-state index in [2.05, 4.69) is 0 Å². The fourth-order valence-corrected chi connectivity index (χ4v) is 8.59. The zero-order chi connectivity index (χ0) is 39.4. The Hall–Kier alpha value is -7.26. The van der Waals surface area contributed by atoms with Gasteiger partial charge in [0.05, 0.1) is 11.4 Å². The highest BCUT2D eigenvalue weighted by Crippen LogP contribution is 2.47. The summed E-state index contributed by atoms with van der Waals surface area (Å²) in [6.07, 6.45) is 0. The molecule has 11 rings (SSSR count). The molecule has 0 radical (unpaired) electrons. The molecular weight excluding hydrogens is 771 g/mol. The molecule has 276 valence electrons. The van der Waals surface area contributed by atoms with Crippen LogP contribution in [0.1, 0.15) is 41.4 Å². The third-order valence-electron chi connectivity index (χ3n) is 10.9. The van der Waals surface area contributed by atoms with Crippen LogP contribution in [-0.4, -0.2) is 23.6 Å². The molecular formula is C48H24Cl2N2O6. The van der Waals surface area contributed by atoms with Crippen LogP contribution in [-0.2, 0) is 0 Å². The lowest BCUT2D eigenvalue weighted by Gasteiger charge is -2.30. The largest absolute Gasteiger partial charge is 0.457 e. The summed E-state index contributed by atoms with van der Waals surface area (Å²) in [6, 6.07) is 42.1. The monoisotopic (exact) mass is 794 g/mol. The molecule has 0 N–H and O–H groups in total. The molecule has 10 heteroatoms. The molecule has 0 saturated carbocycles. The number of nitrogens with zero attached hydrogens (tertiary/aromatic N) is 2. The van der Waals surface area contributed by atoms with E-state index in [0.29, 0.717) is 77.4 Å².